The molecule has 1 fully saturated rings. The van der Waals surface area contributed by atoms with Gasteiger partial charge in [-0.25, -0.2) is 4.79 Å². The van der Waals surface area contributed by atoms with Crippen molar-refractivity contribution in [2.24, 2.45) is 0 Å². The second-order valence-electron chi connectivity index (χ2n) is 14.1. The van der Waals surface area contributed by atoms with Gasteiger partial charge in [-0.05, 0) is 81.1 Å². The van der Waals surface area contributed by atoms with E-state index in [0.29, 0.717) is 35.7 Å². The van der Waals surface area contributed by atoms with Gasteiger partial charge in [0.2, 0.25) is 6.79 Å². The fourth-order valence-electron chi connectivity index (χ4n) is 8.67. The lowest BCUT2D eigenvalue weighted by Crippen LogP contribution is -2.68. The molecule has 0 aliphatic carbocycles. The van der Waals surface area contributed by atoms with Gasteiger partial charge < -0.3 is 28.4 Å². The number of nitriles is 1. The van der Waals surface area contributed by atoms with Crippen molar-refractivity contribution in [3.63, 3.8) is 0 Å². The Bertz CT molecular complexity index is 2060. The van der Waals surface area contributed by atoms with Gasteiger partial charge in [-0.2, -0.15) is 18.4 Å². The topological polar surface area (TPSA) is 103 Å². The molecule has 0 amide bonds. The van der Waals surface area contributed by atoms with Crippen molar-refractivity contribution in [3.05, 3.63) is 99.1 Å². The molecular formula is C41H42F3N3O7. The van der Waals surface area contributed by atoms with Crippen molar-refractivity contribution in [1.29, 1.82) is 5.26 Å². The van der Waals surface area contributed by atoms with Crippen LogP contribution in [0.15, 0.2) is 49.1 Å². The fraction of sp³-hybridized carbons (Fsp3) is 0.415. The number of rotatable bonds is 10. The molecule has 4 aliphatic heterocycles. The highest BCUT2D eigenvalue weighted by Crippen LogP contribution is 2.58. The van der Waals surface area contributed by atoms with Crippen LogP contribution in [0.25, 0.3) is 6.08 Å². The van der Waals surface area contributed by atoms with Crippen LogP contribution in [-0.4, -0.2) is 74.9 Å². The van der Waals surface area contributed by atoms with Crippen molar-refractivity contribution >= 4 is 12.0 Å². The number of ether oxygens (including phenoxy) is 6. The van der Waals surface area contributed by atoms with Crippen LogP contribution in [0.3, 0.4) is 0 Å². The Morgan fingerprint density at radius 1 is 1.06 bits per heavy atom. The van der Waals surface area contributed by atoms with E-state index in [1.54, 1.807) is 13.2 Å². The van der Waals surface area contributed by atoms with Crippen LogP contribution < -0.4 is 18.9 Å². The Hall–Kier alpha value is -5.03. The highest BCUT2D eigenvalue weighted by atomic mass is 19.4. The maximum Gasteiger partial charge on any atom is 0.416 e. The monoisotopic (exact) mass is 745 g/mol. The largest absolute Gasteiger partial charge is 0.489 e. The number of carbonyl (C=O) groups is 1. The third-order valence-electron chi connectivity index (χ3n) is 11.1. The SMILES string of the molecule is C=CCOc1c(C)c2c(c3c1CC1[C@@H]4c5c(cc(C)c(C)c5OCOC)C[C@@H]([C@H](C#N)N1[C@H]3COC(=O)/C=C/c1cccc(C(F)(F)F)c1)N4C)OCO2. The molecule has 284 valence electrons. The average molecular weight is 746 g/mol. The summed E-state index contributed by atoms with van der Waals surface area (Å²) >= 11 is 0. The second-order valence-corrected chi connectivity index (χ2v) is 14.1. The zero-order valence-electron chi connectivity index (χ0n) is 30.8. The molecular weight excluding hydrogens is 703 g/mol. The van der Waals surface area contributed by atoms with E-state index in [-0.39, 0.29) is 50.5 Å². The van der Waals surface area contributed by atoms with Gasteiger partial charge in [0.1, 0.15) is 30.8 Å². The maximum absolute atomic E-state index is 13.3. The number of esters is 1. The molecule has 2 bridgehead atoms. The summed E-state index contributed by atoms with van der Waals surface area (Å²) in [5.41, 5.74) is 5.88. The first-order chi connectivity index (χ1) is 25.9. The molecule has 4 heterocycles. The molecule has 1 unspecified atom stereocenters. The number of halogens is 3. The summed E-state index contributed by atoms with van der Waals surface area (Å²) in [6.07, 6.45) is 0.558. The molecule has 3 aromatic rings. The van der Waals surface area contributed by atoms with Gasteiger partial charge in [0.15, 0.2) is 18.3 Å². The number of alkyl halides is 3. The van der Waals surface area contributed by atoms with Crippen LogP contribution in [0.2, 0.25) is 0 Å². The van der Waals surface area contributed by atoms with E-state index in [1.165, 1.54) is 18.2 Å². The fourth-order valence-corrected chi connectivity index (χ4v) is 8.67. The number of methoxy groups -OCH3 is 1. The summed E-state index contributed by atoms with van der Waals surface area (Å²) in [5.74, 6) is 1.62. The Morgan fingerprint density at radius 3 is 2.56 bits per heavy atom. The summed E-state index contributed by atoms with van der Waals surface area (Å²) < 4.78 is 76.1. The van der Waals surface area contributed by atoms with Gasteiger partial charge in [-0.1, -0.05) is 30.9 Å². The number of fused-ring (bicyclic) bond motifs is 9. The van der Waals surface area contributed by atoms with E-state index in [2.05, 4.69) is 35.4 Å². The zero-order valence-corrected chi connectivity index (χ0v) is 30.8. The number of carbonyl (C=O) groups excluding carboxylic acids is 1. The minimum absolute atomic E-state index is 0.0228. The number of likely N-dealkylation sites (N-methyl/N-ethyl adjacent to an activating group) is 1. The molecule has 4 aliphatic rings. The number of nitrogens with zero attached hydrogens (tertiary/aromatic N) is 3. The predicted molar refractivity (Wildman–Crippen MR) is 192 cm³/mol. The first kappa shape index (κ1) is 37.3. The lowest BCUT2D eigenvalue weighted by atomic mass is 9.71. The standard InChI is InChI=1S/C41H42F3N3O7/c1-7-13-50-37-24(4)39-40(54-21-53-39)35-28(37)17-30-36-34-26(14-22(2)23(3)38(34)52-20-49-6)16-29(46(36)5)31(18-45)47(30)32(35)19-51-33(48)12-11-25-9-8-10-27(15-25)41(42,43)44/h7-12,14-15,29-32,36H,1,13,16-17,19-21H2,2-6H3/b12-11+/t29-,30?,31-,32-,36+/m0/s1. The number of piperazine rings is 1. The first-order valence-corrected chi connectivity index (χ1v) is 17.7. The lowest BCUT2D eigenvalue weighted by Gasteiger charge is -2.60. The van der Waals surface area contributed by atoms with Crippen molar-refractivity contribution in [2.75, 3.05) is 41.0 Å². The maximum atomic E-state index is 13.3. The molecule has 54 heavy (non-hydrogen) atoms. The van der Waals surface area contributed by atoms with Gasteiger partial charge in [-0.15, -0.1) is 0 Å². The van der Waals surface area contributed by atoms with Crippen molar-refractivity contribution in [2.45, 2.75) is 70.0 Å². The van der Waals surface area contributed by atoms with Crippen LogP contribution >= 0.6 is 0 Å². The van der Waals surface area contributed by atoms with Gasteiger partial charge in [-0.3, -0.25) is 9.80 Å². The summed E-state index contributed by atoms with van der Waals surface area (Å²) in [6.45, 7) is 9.91. The van der Waals surface area contributed by atoms with E-state index in [0.717, 1.165) is 57.3 Å². The van der Waals surface area contributed by atoms with Crippen molar-refractivity contribution in [1.82, 2.24) is 9.80 Å². The molecule has 0 radical (unpaired) electrons. The Labute approximate surface area is 312 Å². The number of hydrogen-bond acceptors (Lipinski definition) is 10. The lowest BCUT2D eigenvalue weighted by molar-refractivity contribution is -0.143. The minimum atomic E-state index is -4.53. The van der Waals surface area contributed by atoms with Gasteiger partial charge >= 0.3 is 12.1 Å². The Kier molecular flexibility index (Phi) is 10.1. The molecule has 5 atom stereocenters. The number of hydrogen-bond donors (Lipinski definition) is 0. The van der Waals surface area contributed by atoms with E-state index in [1.807, 2.05) is 20.9 Å². The van der Waals surface area contributed by atoms with Gasteiger partial charge in [0.25, 0.3) is 0 Å². The second kappa shape index (κ2) is 14.7. The smallest absolute Gasteiger partial charge is 0.416 e. The molecule has 7 rings (SSSR count). The van der Waals surface area contributed by atoms with Crippen LogP contribution in [-0.2, 0) is 33.3 Å². The number of benzene rings is 3. The Balaban J connectivity index is 1.35. The van der Waals surface area contributed by atoms with Gasteiger partial charge in [0.05, 0.1) is 23.7 Å². The van der Waals surface area contributed by atoms with Crippen LogP contribution in [0.4, 0.5) is 13.2 Å². The first-order valence-electron chi connectivity index (χ1n) is 17.7. The summed E-state index contributed by atoms with van der Waals surface area (Å²) in [5, 5.41) is 11.0. The number of aryl methyl sites for hydroxylation is 1. The molecule has 10 nitrogen and oxygen atoms in total. The molecule has 0 N–H and O–H groups in total. The normalized spacial score (nSPS) is 22.9. The molecule has 1 saturated heterocycles. The molecule has 3 aromatic carbocycles. The quantitative estimate of drug-likeness (QED) is 0.0940. The summed E-state index contributed by atoms with van der Waals surface area (Å²) in [6, 6.07) is 7.35. The van der Waals surface area contributed by atoms with Gasteiger partial charge in [0, 0.05) is 47.5 Å². The van der Waals surface area contributed by atoms with Crippen LogP contribution in [0.5, 0.6) is 23.0 Å². The molecule has 0 spiro atoms. The van der Waals surface area contributed by atoms with Crippen molar-refractivity contribution in [3.8, 4) is 29.1 Å². The summed E-state index contributed by atoms with van der Waals surface area (Å²) in [4.78, 5) is 17.8. The predicted octanol–water partition coefficient (Wildman–Crippen LogP) is 6.93. The Morgan fingerprint density at radius 2 is 1.83 bits per heavy atom. The average Bonchev–Trinajstić information content (AvgIpc) is 3.64. The van der Waals surface area contributed by atoms with E-state index >= 15 is 0 Å². The van der Waals surface area contributed by atoms with E-state index in [9.17, 15) is 23.2 Å². The third kappa shape index (κ3) is 6.36. The molecule has 0 aromatic heterocycles. The zero-order chi connectivity index (χ0) is 38.5. The minimum Gasteiger partial charge on any atom is -0.489 e. The van der Waals surface area contributed by atoms with E-state index in [4.69, 9.17) is 28.4 Å². The van der Waals surface area contributed by atoms with E-state index < -0.39 is 29.8 Å². The highest BCUT2D eigenvalue weighted by molar-refractivity contribution is 5.87. The molecule has 0 saturated carbocycles. The van der Waals surface area contributed by atoms with Crippen molar-refractivity contribution < 1.29 is 46.4 Å². The summed E-state index contributed by atoms with van der Waals surface area (Å²) in [7, 11) is 3.62. The third-order valence-corrected chi connectivity index (χ3v) is 11.1. The van der Waals surface area contributed by atoms with Crippen LogP contribution in [0, 0.1) is 32.1 Å². The highest BCUT2D eigenvalue weighted by Gasteiger charge is 2.57. The molecule has 13 heteroatoms. The van der Waals surface area contributed by atoms with Crippen LogP contribution in [0.1, 0.15) is 62.2 Å².